The highest BCUT2D eigenvalue weighted by molar-refractivity contribution is 5.94. The Bertz CT molecular complexity index is 442. The average Bonchev–Trinajstić information content (AvgIpc) is 2.46. The van der Waals surface area contributed by atoms with Gasteiger partial charge in [0.05, 0.1) is 37.8 Å². The van der Waals surface area contributed by atoms with E-state index in [-0.39, 0.29) is 11.5 Å². The first-order valence-corrected chi connectivity index (χ1v) is 7.02. The molecular weight excluding hydrogens is 243 g/mol. The van der Waals surface area contributed by atoms with Gasteiger partial charge in [-0.2, -0.15) is 0 Å². The van der Waals surface area contributed by atoms with Gasteiger partial charge in [-0.15, -0.1) is 0 Å². The summed E-state index contributed by atoms with van der Waals surface area (Å²) in [6.07, 6.45) is 1.15. The second kappa shape index (κ2) is 6.15. The topological polar surface area (TPSA) is 24.8 Å². The third-order valence-electron chi connectivity index (χ3n) is 4.11. The highest BCUT2D eigenvalue weighted by Crippen LogP contribution is 2.10. The van der Waals surface area contributed by atoms with Crippen molar-refractivity contribution >= 4 is 5.91 Å². The predicted molar refractivity (Wildman–Crippen MR) is 72.8 cm³/mol. The molecule has 1 fully saturated rings. The number of hydrogen-bond donors (Lipinski definition) is 1. The largest absolute Gasteiger partial charge is 0.330 e. The van der Waals surface area contributed by atoms with Crippen LogP contribution in [0, 0.1) is 5.82 Å². The number of hydrogen-bond acceptors (Lipinski definition) is 1. The SMILES string of the molecule is CC[C@H](C)[NH+]1CCN(C(=O)c2ccccc2F)CC1. The van der Waals surface area contributed by atoms with Gasteiger partial charge in [-0.05, 0) is 25.5 Å². The molecule has 0 unspecified atom stereocenters. The Kier molecular flexibility index (Phi) is 4.53. The Hall–Kier alpha value is -1.42. The Morgan fingerprint density at radius 1 is 1.37 bits per heavy atom. The molecule has 1 saturated heterocycles. The van der Waals surface area contributed by atoms with Crippen LogP contribution in [0.2, 0.25) is 0 Å². The summed E-state index contributed by atoms with van der Waals surface area (Å²) in [6.45, 7) is 7.77. The van der Waals surface area contributed by atoms with E-state index < -0.39 is 5.82 Å². The van der Waals surface area contributed by atoms with E-state index in [4.69, 9.17) is 0 Å². The van der Waals surface area contributed by atoms with E-state index in [0.29, 0.717) is 19.1 Å². The number of benzene rings is 1. The molecule has 0 spiro atoms. The third kappa shape index (κ3) is 3.13. The van der Waals surface area contributed by atoms with Gasteiger partial charge in [0.25, 0.3) is 5.91 Å². The zero-order valence-corrected chi connectivity index (χ0v) is 11.7. The summed E-state index contributed by atoms with van der Waals surface area (Å²) in [5, 5.41) is 0. The van der Waals surface area contributed by atoms with Crippen molar-refractivity contribution in [2.24, 2.45) is 0 Å². The molecule has 1 aliphatic heterocycles. The predicted octanol–water partition coefficient (Wildman–Crippen LogP) is 0.965. The van der Waals surface area contributed by atoms with Crippen molar-refractivity contribution in [1.29, 1.82) is 0 Å². The highest BCUT2D eigenvalue weighted by Gasteiger charge is 2.27. The molecule has 0 aliphatic carbocycles. The maximum absolute atomic E-state index is 13.6. The smallest absolute Gasteiger partial charge is 0.257 e. The minimum Gasteiger partial charge on any atom is -0.330 e. The van der Waals surface area contributed by atoms with Crippen molar-refractivity contribution in [2.75, 3.05) is 26.2 Å². The van der Waals surface area contributed by atoms with Crippen LogP contribution in [0.15, 0.2) is 24.3 Å². The Balaban J connectivity index is 1.98. The van der Waals surface area contributed by atoms with E-state index in [1.54, 1.807) is 28.0 Å². The average molecular weight is 265 g/mol. The molecule has 0 radical (unpaired) electrons. The van der Waals surface area contributed by atoms with Crippen LogP contribution in [0.4, 0.5) is 4.39 Å². The van der Waals surface area contributed by atoms with E-state index in [9.17, 15) is 9.18 Å². The summed E-state index contributed by atoms with van der Waals surface area (Å²) < 4.78 is 13.6. The quantitative estimate of drug-likeness (QED) is 0.865. The highest BCUT2D eigenvalue weighted by atomic mass is 19.1. The lowest BCUT2D eigenvalue weighted by atomic mass is 10.1. The van der Waals surface area contributed by atoms with E-state index >= 15 is 0 Å². The lowest BCUT2D eigenvalue weighted by Crippen LogP contribution is -3.17. The van der Waals surface area contributed by atoms with Crippen LogP contribution in [-0.4, -0.2) is 43.0 Å². The van der Waals surface area contributed by atoms with Gasteiger partial charge in [0.2, 0.25) is 0 Å². The normalized spacial score (nSPS) is 18.4. The number of nitrogens with zero attached hydrogens (tertiary/aromatic N) is 1. The van der Waals surface area contributed by atoms with Crippen molar-refractivity contribution in [3.63, 3.8) is 0 Å². The lowest BCUT2D eigenvalue weighted by Gasteiger charge is -2.35. The number of carbonyl (C=O) groups excluding carboxylic acids is 1. The molecule has 1 aliphatic rings. The fourth-order valence-corrected chi connectivity index (χ4v) is 2.58. The molecule has 0 aromatic heterocycles. The summed E-state index contributed by atoms with van der Waals surface area (Å²) >= 11 is 0. The van der Waals surface area contributed by atoms with Crippen LogP contribution in [-0.2, 0) is 0 Å². The number of rotatable bonds is 3. The van der Waals surface area contributed by atoms with Gasteiger partial charge in [0.15, 0.2) is 0 Å². The van der Waals surface area contributed by atoms with Crippen LogP contribution in [0.25, 0.3) is 0 Å². The number of quaternary nitrogens is 1. The van der Waals surface area contributed by atoms with E-state index in [0.717, 1.165) is 19.5 Å². The van der Waals surface area contributed by atoms with Gasteiger partial charge in [-0.25, -0.2) is 4.39 Å². The summed E-state index contributed by atoms with van der Waals surface area (Å²) in [5.41, 5.74) is 0.189. The maximum atomic E-state index is 13.6. The second-order valence-corrected chi connectivity index (χ2v) is 5.24. The van der Waals surface area contributed by atoms with Crippen LogP contribution < -0.4 is 4.90 Å². The lowest BCUT2D eigenvalue weighted by molar-refractivity contribution is -0.927. The first-order valence-electron chi connectivity index (χ1n) is 7.02. The fraction of sp³-hybridized carbons (Fsp3) is 0.533. The molecule has 104 valence electrons. The molecule has 2 rings (SSSR count). The van der Waals surface area contributed by atoms with Crippen LogP contribution in [0.5, 0.6) is 0 Å². The zero-order valence-electron chi connectivity index (χ0n) is 11.7. The van der Waals surface area contributed by atoms with E-state index in [2.05, 4.69) is 13.8 Å². The number of halogens is 1. The summed E-state index contributed by atoms with van der Waals surface area (Å²) in [7, 11) is 0. The standard InChI is InChI=1S/C15H21FN2O/c1-3-12(2)17-8-10-18(11-9-17)15(19)13-6-4-5-7-14(13)16/h4-7,12H,3,8-11H2,1-2H3/p+1/t12-/m0/s1. The zero-order chi connectivity index (χ0) is 13.8. The van der Waals surface area contributed by atoms with Crippen molar-refractivity contribution < 1.29 is 14.1 Å². The molecule has 4 heteroatoms. The van der Waals surface area contributed by atoms with Crippen molar-refractivity contribution in [2.45, 2.75) is 26.3 Å². The molecule has 3 nitrogen and oxygen atoms in total. The number of nitrogens with one attached hydrogen (secondary N) is 1. The second-order valence-electron chi connectivity index (χ2n) is 5.24. The van der Waals surface area contributed by atoms with Crippen molar-refractivity contribution in [3.8, 4) is 0 Å². The van der Waals surface area contributed by atoms with Crippen LogP contribution in [0.3, 0.4) is 0 Å². The van der Waals surface area contributed by atoms with Gasteiger partial charge in [0.1, 0.15) is 5.82 Å². The van der Waals surface area contributed by atoms with E-state index in [1.807, 2.05) is 0 Å². The number of piperazine rings is 1. The summed E-state index contributed by atoms with van der Waals surface area (Å²) in [5.74, 6) is -0.606. The molecule has 0 bridgehead atoms. The van der Waals surface area contributed by atoms with Crippen LogP contribution in [0.1, 0.15) is 30.6 Å². The maximum Gasteiger partial charge on any atom is 0.257 e. The number of amides is 1. The molecule has 1 heterocycles. The van der Waals surface area contributed by atoms with Crippen molar-refractivity contribution in [3.05, 3.63) is 35.6 Å². The molecule has 1 atom stereocenters. The van der Waals surface area contributed by atoms with Gasteiger partial charge in [-0.3, -0.25) is 4.79 Å². The Labute approximate surface area is 114 Å². The van der Waals surface area contributed by atoms with Gasteiger partial charge >= 0.3 is 0 Å². The minimum atomic E-state index is -0.427. The third-order valence-corrected chi connectivity index (χ3v) is 4.11. The first-order chi connectivity index (χ1) is 9.13. The summed E-state index contributed by atoms with van der Waals surface area (Å²) in [4.78, 5) is 15.6. The summed E-state index contributed by atoms with van der Waals surface area (Å²) in [6, 6.07) is 6.85. The molecule has 0 saturated carbocycles. The minimum absolute atomic E-state index is 0.179. The van der Waals surface area contributed by atoms with E-state index in [1.165, 1.54) is 6.07 Å². The van der Waals surface area contributed by atoms with Crippen molar-refractivity contribution in [1.82, 2.24) is 4.90 Å². The van der Waals surface area contributed by atoms with Gasteiger partial charge in [-0.1, -0.05) is 19.1 Å². The first kappa shape index (κ1) is 14.0. The monoisotopic (exact) mass is 265 g/mol. The fourth-order valence-electron chi connectivity index (χ4n) is 2.58. The van der Waals surface area contributed by atoms with Gasteiger partial charge in [0, 0.05) is 0 Å². The Morgan fingerprint density at radius 2 is 2.00 bits per heavy atom. The number of carbonyl (C=O) groups is 1. The Morgan fingerprint density at radius 3 is 2.58 bits per heavy atom. The van der Waals surface area contributed by atoms with Gasteiger partial charge < -0.3 is 9.80 Å². The molecule has 1 aromatic rings. The molecule has 1 aromatic carbocycles. The molecule has 1 N–H and O–H groups in total. The van der Waals surface area contributed by atoms with Crippen LogP contribution >= 0.6 is 0 Å². The molecular formula is C15H22FN2O+. The molecule has 19 heavy (non-hydrogen) atoms. The molecule has 1 amide bonds.